The number of hydrogen-bond acceptors (Lipinski definition) is 2. The van der Waals surface area contributed by atoms with Gasteiger partial charge in [-0.05, 0) is 44.4 Å². The zero-order valence-electron chi connectivity index (χ0n) is 12.2. The lowest BCUT2D eigenvalue weighted by atomic mass is 9.74. The van der Waals surface area contributed by atoms with E-state index in [0.29, 0.717) is 10.7 Å². The molecule has 2 amide bonds. The van der Waals surface area contributed by atoms with E-state index in [4.69, 9.17) is 11.6 Å². The summed E-state index contributed by atoms with van der Waals surface area (Å²) in [6.45, 7) is 3.81. The molecule has 2 aliphatic rings. The molecule has 1 aromatic carbocycles. The van der Waals surface area contributed by atoms with Crippen LogP contribution in [0.4, 0.5) is 10.5 Å². The Morgan fingerprint density at radius 2 is 2.10 bits per heavy atom. The summed E-state index contributed by atoms with van der Waals surface area (Å²) >= 11 is 6.11. The molecule has 0 radical (unpaired) electrons. The highest BCUT2D eigenvalue weighted by atomic mass is 35.5. The monoisotopic (exact) mass is 307 g/mol. The second-order valence-electron chi connectivity index (χ2n) is 6.22. The molecule has 0 aliphatic carbocycles. The Hall–Kier alpha value is -1.26. The maximum absolute atomic E-state index is 12.5. The van der Waals surface area contributed by atoms with Crippen LogP contribution in [-0.2, 0) is 0 Å². The van der Waals surface area contributed by atoms with Gasteiger partial charge in [0, 0.05) is 25.0 Å². The number of carbonyl (C=O) groups excluding carboxylic acids is 1. The molecule has 0 saturated carbocycles. The van der Waals surface area contributed by atoms with Gasteiger partial charge in [-0.25, -0.2) is 4.79 Å². The summed E-state index contributed by atoms with van der Waals surface area (Å²) in [6, 6.07) is 7.33. The molecule has 21 heavy (non-hydrogen) atoms. The molecular formula is C16H22ClN3O. The van der Waals surface area contributed by atoms with Crippen LogP contribution >= 0.6 is 11.6 Å². The maximum Gasteiger partial charge on any atom is 0.321 e. The number of likely N-dealkylation sites (tertiary alicyclic amines) is 1. The highest BCUT2D eigenvalue weighted by Gasteiger charge is 2.38. The van der Waals surface area contributed by atoms with Gasteiger partial charge >= 0.3 is 6.03 Å². The fourth-order valence-electron chi connectivity index (χ4n) is 3.52. The Kier molecular flexibility index (Phi) is 4.36. The minimum absolute atomic E-state index is 0.0345. The van der Waals surface area contributed by atoms with E-state index >= 15 is 0 Å². The molecule has 2 fully saturated rings. The van der Waals surface area contributed by atoms with Crippen LogP contribution in [0.2, 0.25) is 5.02 Å². The van der Waals surface area contributed by atoms with Crippen LogP contribution in [0.25, 0.3) is 0 Å². The van der Waals surface area contributed by atoms with Crippen molar-refractivity contribution >= 4 is 23.3 Å². The van der Waals surface area contributed by atoms with Crippen molar-refractivity contribution in [3.05, 3.63) is 29.3 Å². The number of nitrogens with one attached hydrogen (secondary N) is 2. The van der Waals surface area contributed by atoms with Gasteiger partial charge in [-0.3, -0.25) is 0 Å². The normalized spacial score (nSPS) is 25.9. The summed E-state index contributed by atoms with van der Waals surface area (Å²) in [7, 11) is 0. The lowest BCUT2D eigenvalue weighted by molar-refractivity contribution is 0.0861. The first-order valence-electron chi connectivity index (χ1n) is 7.70. The third-order valence-corrected chi connectivity index (χ3v) is 4.95. The third kappa shape index (κ3) is 3.33. The molecule has 4 nitrogen and oxygen atoms in total. The lowest BCUT2D eigenvalue weighted by Gasteiger charge is -2.45. The van der Waals surface area contributed by atoms with Crippen LogP contribution in [0.1, 0.15) is 25.7 Å². The first-order chi connectivity index (χ1) is 10.2. The summed E-state index contributed by atoms with van der Waals surface area (Å²) in [5, 5.41) is 7.00. The molecule has 2 saturated heterocycles. The van der Waals surface area contributed by atoms with Crippen molar-refractivity contribution in [1.82, 2.24) is 10.2 Å². The molecule has 1 unspecified atom stereocenters. The summed E-state index contributed by atoms with van der Waals surface area (Å²) < 4.78 is 0. The van der Waals surface area contributed by atoms with E-state index < -0.39 is 0 Å². The highest BCUT2D eigenvalue weighted by Crippen LogP contribution is 2.36. The quantitative estimate of drug-likeness (QED) is 0.836. The van der Waals surface area contributed by atoms with Crippen molar-refractivity contribution in [3.63, 3.8) is 0 Å². The fraction of sp³-hybridized carbons (Fsp3) is 0.562. The number of benzene rings is 1. The van der Waals surface area contributed by atoms with E-state index in [0.717, 1.165) is 32.6 Å². The van der Waals surface area contributed by atoms with Crippen molar-refractivity contribution in [2.24, 2.45) is 5.41 Å². The van der Waals surface area contributed by atoms with E-state index in [2.05, 4.69) is 10.6 Å². The van der Waals surface area contributed by atoms with Crippen LogP contribution in [0.3, 0.4) is 0 Å². The van der Waals surface area contributed by atoms with Gasteiger partial charge in [0.2, 0.25) is 0 Å². The van der Waals surface area contributed by atoms with Crippen molar-refractivity contribution < 1.29 is 4.79 Å². The average molecular weight is 308 g/mol. The zero-order chi connectivity index (χ0) is 14.7. The maximum atomic E-state index is 12.5. The molecule has 1 aromatic rings. The lowest BCUT2D eigenvalue weighted by Crippen LogP contribution is -2.53. The topological polar surface area (TPSA) is 44.4 Å². The molecule has 0 bridgehead atoms. The highest BCUT2D eigenvalue weighted by molar-refractivity contribution is 6.33. The van der Waals surface area contributed by atoms with Gasteiger partial charge in [-0.15, -0.1) is 0 Å². The molecule has 114 valence electrons. The van der Waals surface area contributed by atoms with E-state index in [1.807, 2.05) is 23.1 Å². The minimum atomic E-state index is -0.0345. The summed E-state index contributed by atoms with van der Waals surface area (Å²) in [5.41, 5.74) is 0.958. The first kappa shape index (κ1) is 14.7. The summed E-state index contributed by atoms with van der Waals surface area (Å²) in [6.07, 6.45) is 4.73. The predicted octanol–water partition coefficient (Wildman–Crippen LogP) is 3.34. The second kappa shape index (κ2) is 6.24. The molecule has 1 atom stereocenters. The molecular weight excluding hydrogens is 286 g/mol. The number of urea groups is 1. The molecule has 1 spiro atoms. The molecule has 5 heteroatoms. The Morgan fingerprint density at radius 3 is 2.86 bits per heavy atom. The number of hydrogen-bond donors (Lipinski definition) is 2. The molecule has 2 N–H and O–H groups in total. The van der Waals surface area contributed by atoms with Crippen molar-refractivity contribution in [2.45, 2.75) is 25.7 Å². The van der Waals surface area contributed by atoms with Crippen molar-refractivity contribution in [1.29, 1.82) is 0 Å². The Labute approximate surface area is 130 Å². The fourth-order valence-corrected chi connectivity index (χ4v) is 3.70. The SMILES string of the molecule is O=C(Nc1ccccc1Cl)N1CCCC2(CCCNC2)C1. The zero-order valence-corrected chi connectivity index (χ0v) is 13.0. The number of para-hydroxylation sites is 1. The van der Waals surface area contributed by atoms with Crippen LogP contribution in [0.15, 0.2) is 24.3 Å². The molecule has 3 rings (SSSR count). The van der Waals surface area contributed by atoms with Crippen LogP contribution in [0, 0.1) is 5.41 Å². The van der Waals surface area contributed by atoms with Crippen LogP contribution in [-0.4, -0.2) is 37.1 Å². The number of nitrogens with zero attached hydrogens (tertiary/aromatic N) is 1. The van der Waals surface area contributed by atoms with Gasteiger partial charge in [-0.1, -0.05) is 23.7 Å². The summed E-state index contributed by atoms with van der Waals surface area (Å²) in [5.74, 6) is 0. The van der Waals surface area contributed by atoms with Gasteiger partial charge in [0.1, 0.15) is 0 Å². The Morgan fingerprint density at radius 1 is 1.29 bits per heavy atom. The van der Waals surface area contributed by atoms with E-state index in [9.17, 15) is 4.79 Å². The summed E-state index contributed by atoms with van der Waals surface area (Å²) in [4.78, 5) is 14.4. The van der Waals surface area contributed by atoms with Crippen molar-refractivity contribution in [3.8, 4) is 0 Å². The number of halogens is 1. The van der Waals surface area contributed by atoms with E-state index in [1.165, 1.54) is 19.3 Å². The number of piperidine rings is 2. The Balaban J connectivity index is 1.66. The number of carbonyl (C=O) groups is 1. The average Bonchev–Trinajstić information content (AvgIpc) is 2.50. The van der Waals surface area contributed by atoms with Crippen LogP contribution in [0.5, 0.6) is 0 Å². The van der Waals surface area contributed by atoms with E-state index in [1.54, 1.807) is 6.07 Å². The van der Waals surface area contributed by atoms with Gasteiger partial charge in [-0.2, -0.15) is 0 Å². The second-order valence-corrected chi connectivity index (χ2v) is 6.62. The number of anilines is 1. The van der Waals surface area contributed by atoms with Crippen molar-refractivity contribution in [2.75, 3.05) is 31.5 Å². The molecule has 0 aromatic heterocycles. The number of rotatable bonds is 1. The van der Waals surface area contributed by atoms with Gasteiger partial charge in [0.25, 0.3) is 0 Å². The number of amides is 2. The van der Waals surface area contributed by atoms with Crippen LogP contribution < -0.4 is 10.6 Å². The van der Waals surface area contributed by atoms with E-state index in [-0.39, 0.29) is 11.4 Å². The minimum Gasteiger partial charge on any atom is -0.324 e. The predicted molar refractivity (Wildman–Crippen MR) is 85.8 cm³/mol. The van der Waals surface area contributed by atoms with Gasteiger partial charge < -0.3 is 15.5 Å². The Bertz CT molecular complexity index is 508. The van der Waals surface area contributed by atoms with Gasteiger partial charge in [0.15, 0.2) is 0 Å². The van der Waals surface area contributed by atoms with Gasteiger partial charge in [0.05, 0.1) is 10.7 Å². The smallest absolute Gasteiger partial charge is 0.321 e. The molecule has 2 heterocycles. The third-order valence-electron chi connectivity index (χ3n) is 4.62. The first-order valence-corrected chi connectivity index (χ1v) is 8.08. The largest absolute Gasteiger partial charge is 0.324 e. The molecule has 2 aliphatic heterocycles. The standard InChI is InChI=1S/C16H22ClN3O/c17-13-5-1-2-6-14(13)19-15(21)20-10-4-8-16(12-20)7-3-9-18-11-16/h1-2,5-6,18H,3-4,7-12H2,(H,19,21).